The van der Waals surface area contributed by atoms with Crippen LogP contribution in [0.15, 0.2) is 30.3 Å². The molecule has 1 saturated carbocycles. The third-order valence-corrected chi connectivity index (χ3v) is 5.86. The maximum absolute atomic E-state index is 6.24. The van der Waals surface area contributed by atoms with Gasteiger partial charge in [-0.25, -0.2) is 0 Å². The topological polar surface area (TPSA) is 15.7 Å². The van der Waals surface area contributed by atoms with Crippen LogP contribution in [-0.4, -0.2) is 61.3 Å². The third kappa shape index (κ3) is 4.34. The lowest BCUT2D eigenvalue weighted by atomic mass is 9.80. The van der Waals surface area contributed by atoms with Gasteiger partial charge in [0.25, 0.3) is 0 Å². The lowest BCUT2D eigenvalue weighted by Gasteiger charge is -2.47. The van der Waals surface area contributed by atoms with E-state index in [1.807, 2.05) is 0 Å². The summed E-state index contributed by atoms with van der Waals surface area (Å²) in [6.07, 6.45) is 6.17. The second kappa shape index (κ2) is 7.78. The molecular weight excluding hydrogens is 284 g/mol. The summed E-state index contributed by atoms with van der Waals surface area (Å²) in [5, 5.41) is 0. The number of rotatable bonds is 5. The van der Waals surface area contributed by atoms with Gasteiger partial charge in [-0.1, -0.05) is 37.3 Å². The summed E-state index contributed by atoms with van der Waals surface area (Å²) in [5.41, 5.74) is 1.60. The molecule has 1 heterocycles. The minimum Gasteiger partial charge on any atom is -0.372 e. The molecule has 1 aliphatic carbocycles. The van der Waals surface area contributed by atoms with Gasteiger partial charge in [0.15, 0.2) is 0 Å². The zero-order valence-electron chi connectivity index (χ0n) is 14.8. The van der Waals surface area contributed by atoms with Gasteiger partial charge in [0, 0.05) is 25.7 Å². The highest BCUT2D eigenvalue weighted by Crippen LogP contribution is 2.36. The second-order valence-electron chi connectivity index (χ2n) is 7.35. The van der Waals surface area contributed by atoms with Crippen LogP contribution in [0, 0.1) is 0 Å². The molecule has 1 spiro atoms. The van der Waals surface area contributed by atoms with Gasteiger partial charge in [-0.15, -0.1) is 0 Å². The fourth-order valence-electron chi connectivity index (χ4n) is 4.20. The predicted octanol–water partition coefficient (Wildman–Crippen LogP) is 3.19. The van der Waals surface area contributed by atoms with E-state index in [-0.39, 0.29) is 5.60 Å². The normalized spacial score (nSPS) is 29.3. The Balaban J connectivity index is 1.46. The van der Waals surface area contributed by atoms with Crippen molar-refractivity contribution in [2.45, 2.75) is 50.7 Å². The summed E-state index contributed by atoms with van der Waals surface area (Å²) >= 11 is 0. The van der Waals surface area contributed by atoms with Crippen molar-refractivity contribution in [3.05, 3.63) is 35.9 Å². The molecule has 1 aromatic rings. The highest BCUT2D eigenvalue weighted by molar-refractivity contribution is 5.14. The van der Waals surface area contributed by atoms with Crippen molar-refractivity contribution in [2.75, 3.05) is 39.8 Å². The minimum absolute atomic E-state index is 0.158. The summed E-state index contributed by atoms with van der Waals surface area (Å²) in [7, 11) is 2.30. The standard InChI is InChI=1S/C20H32N2O/c1-3-22-15-16-23-20(17-22)12-9-19(10-13-20)21(2)14-11-18-7-5-4-6-8-18/h4-8,19H,3,9-17H2,1-2H3/t19-,20+. The Morgan fingerprint density at radius 3 is 2.65 bits per heavy atom. The molecular formula is C20H32N2O. The van der Waals surface area contributed by atoms with E-state index in [0.29, 0.717) is 0 Å². The summed E-state index contributed by atoms with van der Waals surface area (Å²) in [4.78, 5) is 5.13. The Morgan fingerprint density at radius 2 is 1.96 bits per heavy atom. The number of hydrogen-bond donors (Lipinski definition) is 0. The van der Waals surface area contributed by atoms with E-state index in [4.69, 9.17) is 4.74 Å². The molecule has 0 atom stereocenters. The maximum atomic E-state index is 6.24. The fraction of sp³-hybridized carbons (Fsp3) is 0.700. The van der Waals surface area contributed by atoms with Gasteiger partial charge in [-0.2, -0.15) is 0 Å². The van der Waals surface area contributed by atoms with Gasteiger partial charge in [-0.05, 0) is 51.3 Å². The Labute approximate surface area is 141 Å². The van der Waals surface area contributed by atoms with Gasteiger partial charge in [-0.3, -0.25) is 4.90 Å². The summed E-state index contributed by atoms with van der Waals surface area (Å²) in [6.45, 7) is 7.75. The van der Waals surface area contributed by atoms with Crippen LogP contribution in [0.1, 0.15) is 38.2 Å². The Hall–Kier alpha value is -0.900. The second-order valence-corrected chi connectivity index (χ2v) is 7.35. The van der Waals surface area contributed by atoms with Crippen LogP contribution >= 0.6 is 0 Å². The highest BCUT2D eigenvalue weighted by atomic mass is 16.5. The number of likely N-dealkylation sites (N-methyl/N-ethyl adjacent to an activating group) is 2. The molecule has 0 amide bonds. The monoisotopic (exact) mass is 316 g/mol. The molecule has 0 radical (unpaired) electrons. The number of hydrogen-bond acceptors (Lipinski definition) is 3. The van der Waals surface area contributed by atoms with Crippen LogP contribution in [0.2, 0.25) is 0 Å². The fourth-order valence-corrected chi connectivity index (χ4v) is 4.20. The number of morpholine rings is 1. The van der Waals surface area contributed by atoms with Crippen molar-refractivity contribution in [3.63, 3.8) is 0 Å². The van der Waals surface area contributed by atoms with Crippen LogP contribution < -0.4 is 0 Å². The van der Waals surface area contributed by atoms with Crippen LogP contribution in [0.4, 0.5) is 0 Å². The van der Waals surface area contributed by atoms with Crippen molar-refractivity contribution < 1.29 is 4.74 Å². The molecule has 0 aromatic heterocycles. The molecule has 3 rings (SSSR count). The van der Waals surface area contributed by atoms with Gasteiger partial charge in [0.1, 0.15) is 0 Å². The van der Waals surface area contributed by atoms with Crippen LogP contribution in [0.3, 0.4) is 0 Å². The molecule has 3 nitrogen and oxygen atoms in total. The smallest absolute Gasteiger partial charge is 0.0810 e. The maximum Gasteiger partial charge on any atom is 0.0810 e. The first-order valence-electron chi connectivity index (χ1n) is 9.31. The average Bonchev–Trinajstić information content (AvgIpc) is 2.61. The Morgan fingerprint density at radius 1 is 1.22 bits per heavy atom. The van der Waals surface area contributed by atoms with Crippen molar-refractivity contribution in [2.24, 2.45) is 0 Å². The van der Waals surface area contributed by atoms with E-state index in [0.717, 1.165) is 45.2 Å². The molecule has 0 unspecified atom stereocenters. The number of benzene rings is 1. The van der Waals surface area contributed by atoms with Gasteiger partial charge < -0.3 is 9.64 Å². The number of nitrogens with zero attached hydrogens (tertiary/aromatic N) is 2. The first-order valence-corrected chi connectivity index (χ1v) is 9.31. The Kier molecular flexibility index (Phi) is 5.73. The van der Waals surface area contributed by atoms with E-state index in [2.05, 4.69) is 54.1 Å². The van der Waals surface area contributed by atoms with Crippen molar-refractivity contribution in [3.8, 4) is 0 Å². The SMILES string of the molecule is CCN1CCO[C@]2(CC[C@@H](N(C)CCc3ccccc3)CC2)C1. The van der Waals surface area contributed by atoms with Gasteiger partial charge in [0.2, 0.25) is 0 Å². The lowest BCUT2D eigenvalue weighted by Crippen LogP contribution is -2.55. The van der Waals surface area contributed by atoms with Crippen LogP contribution in [0.5, 0.6) is 0 Å². The van der Waals surface area contributed by atoms with Crippen molar-refractivity contribution in [1.82, 2.24) is 9.80 Å². The minimum atomic E-state index is 0.158. The molecule has 23 heavy (non-hydrogen) atoms. The molecule has 2 aliphatic rings. The zero-order chi connectivity index (χ0) is 16.1. The molecule has 0 N–H and O–H groups in total. The first-order chi connectivity index (χ1) is 11.2. The molecule has 1 aliphatic heterocycles. The summed E-state index contributed by atoms with van der Waals surface area (Å²) in [5.74, 6) is 0. The lowest BCUT2D eigenvalue weighted by molar-refractivity contribution is -0.132. The average molecular weight is 316 g/mol. The van der Waals surface area contributed by atoms with E-state index in [1.54, 1.807) is 0 Å². The van der Waals surface area contributed by atoms with E-state index < -0.39 is 0 Å². The largest absolute Gasteiger partial charge is 0.372 e. The third-order valence-electron chi connectivity index (χ3n) is 5.86. The van der Waals surface area contributed by atoms with E-state index in [9.17, 15) is 0 Å². The van der Waals surface area contributed by atoms with Crippen LogP contribution in [0.25, 0.3) is 0 Å². The Bertz CT molecular complexity index is 468. The molecule has 128 valence electrons. The quantitative estimate of drug-likeness (QED) is 0.830. The molecule has 0 bridgehead atoms. The molecule has 1 saturated heterocycles. The summed E-state index contributed by atoms with van der Waals surface area (Å²) < 4.78 is 6.24. The molecule has 3 heteroatoms. The number of ether oxygens (including phenoxy) is 1. The van der Waals surface area contributed by atoms with Crippen molar-refractivity contribution >= 4 is 0 Å². The predicted molar refractivity (Wildman–Crippen MR) is 95.8 cm³/mol. The van der Waals surface area contributed by atoms with E-state index >= 15 is 0 Å². The zero-order valence-corrected chi connectivity index (χ0v) is 14.8. The van der Waals surface area contributed by atoms with Crippen LogP contribution in [-0.2, 0) is 11.2 Å². The van der Waals surface area contributed by atoms with Gasteiger partial charge in [0.05, 0.1) is 12.2 Å². The molecule has 1 aromatic carbocycles. The van der Waals surface area contributed by atoms with Crippen molar-refractivity contribution in [1.29, 1.82) is 0 Å². The highest BCUT2D eigenvalue weighted by Gasteiger charge is 2.40. The first kappa shape index (κ1) is 16.9. The summed E-state index contributed by atoms with van der Waals surface area (Å²) in [6, 6.07) is 11.6. The van der Waals surface area contributed by atoms with Gasteiger partial charge >= 0.3 is 0 Å². The van der Waals surface area contributed by atoms with E-state index in [1.165, 1.54) is 31.2 Å². The molecule has 2 fully saturated rings.